The molecule has 8 heteroatoms. The van der Waals surface area contributed by atoms with E-state index in [1.54, 1.807) is 21.6 Å². The lowest BCUT2D eigenvalue weighted by atomic mass is 10.2. The number of aliphatic imine (C=N–C) groups is 2. The van der Waals surface area contributed by atoms with Crippen LogP contribution in [-0.4, -0.2) is 65.0 Å². The van der Waals surface area contributed by atoms with Crippen LogP contribution in [0.15, 0.2) is 117 Å². The maximum absolute atomic E-state index is 5.45. The van der Waals surface area contributed by atoms with Gasteiger partial charge in [0.25, 0.3) is 0 Å². The van der Waals surface area contributed by atoms with Crippen LogP contribution in [-0.2, 0) is 9.47 Å². The molecule has 0 saturated carbocycles. The standard InChI is InChI=1S/C34H34N4O2S2/c1-9-31(37-17-21-39-22-18-37)10-2-27(1)25-35-29-5-13-33(14-6-29)41-42-34-15-7-30(8-16-34)36-26-28-3-11-32(12-4-28)38-19-23-40-24-20-38/h1-16,25-26H,17-24H2. The highest BCUT2D eigenvalue weighted by atomic mass is 33.1. The van der Waals surface area contributed by atoms with Crippen molar-refractivity contribution >= 4 is 56.8 Å². The summed E-state index contributed by atoms with van der Waals surface area (Å²) in [4.78, 5) is 16.4. The molecule has 0 aromatic heterocycles. The van der Waals surface area contributed by atoms with Gasteiger partial charge < -0.3 is 19.3 Å². The average Bonchev–Trinajstić information content (AvgIpc) is 3.08. The first-order chi connectivity index (χ1) is 20.8. The van der Waals surface area contributed by atoms with Crippen LogP contribution in [0.4, 0.5) is 22.7 Å². The Morgan fingerprint density at radius 3 is 1.19 bits per heavy atom. The maximum Gasteiger partial charge on any atom is 0.0642 e. The van der Waals surface area contributed by atoms with Crippen molar-refractivity contribution in [1.29, 1.82) is 0 Å². The number of morpholine rings is 2. The third-order valence-electron chi connectivity index (χ3n) is 7.17. The summed E-state index contributed by atoms with van der Waals surface area (Å²) < 4.78 is 10.9. The third kappa shape index (κ3) is 8.04. The molecule has 2 heterocycles. The van der Waals surface area contributed by atoms with Crippen LogP contribution >= 0.6 is 21.6 Å². The van der Waals surface area contributed by atoms with Crippen molar-refractivity contribution in [3.8, 4) is 0 Å². The van der Waals surface area contributed by atoms with Gasteiger partial charge in [-0.05, 0) is 83.9 Å². The highest BCUT2D eigenvalue weighted by Gasteiger charge is 2.11. The normalized spacial score (nSPS) is 16.0. The molecule has 0 spiro atoms. The van der Waals surface area contributed by atoms with Gasteiger partial charge in [0.05, 0.1) is 37.8 Å². The molecule has 2 saturated heterocycles. The van der Waals surface area contributed by atoms with E-state index in [9.17, 15) is 0 Å². The minimum absolute atomic E-state index is 0.796. The van der Waals surface area contributed by atoms with Crippen LogP contribution in [0, 0.1) is 0 Å². The highest BCUT2D eigenvalue weighted by Crippen LogP contribution is 2.38. The van der Waals surface area contributed by atoms with E-state index in [1.165, 1.54) is 21.2 Å². The van der Waals surface area contributed by atoms with E-state index in [4.69, 9.17) is 9.47 Å². The van der Waals surface area contributed by atoms with Crippen LogP contribution in [0.25, 0.3) is 0 Å². The van der Waals surface area contributed by atoms with Crippen molar-refractivity contribution in [2.45, 2.75) is 9.79 Å². The molecule has 2 aliphatic heterocycles. The molecule has 214 valence electrons. The zero-order valence-electron chi connectivity index (χ0n) is 23.5. The van der Waals surface area contributed by atoms with Gasteiger partial charge in [0.2, 0.25) is 0 Å². The number of hydrogen-bond donors (Lipinski definition) is 0. The van der Waals surface area contributed by atoms with Gasteiger partial charge in [-0.3, -0.25) is 9.98 Å². The van der Waals surface area contributed by atoms with Crippen LogP contribution in [0.5, 0.6) is 0 Å². The monoisotopic (exact) mass is 594 g/mol. The summed E-state index contributed by atoms with van der Waals surface area (Å²) >= 11 is 0. The van der Waals surface area contributed by atoms with E-state index in [0.29, 0.717) is 0 Å². The van der Waals surface area contributed by atoms with E-state index in [2.05, 4.69) is 117 Å². The average molecular weight is 595 g/mol. The molecule has 0 amide bonds. The zero-order valence-corrected chi connectivity index (χ0v) is 25.1. The molecule has 2 aliphatic rings. The van der Waals surface area contributed by atoms with Gasteiger partial charge in [-0.25, -0.2) is 0 Å². The summed E-state index contributed by atoms with van der Waals surface area (Å²) in [6, 6.07) is 33.9. The maximum atomic E-state index is 5.45. The zero-order chi connectivity index (χ0) is 28.4. The molecule has 4 aromatic rings. The molecule has 0 atom stereocenters. The van der Waals surface area contributed by atoms with Crippen molar-refractivity contribution in [3.63, 3.8) is 0 Å². The third-order valence-corrected chi connectivity index (χ3v) is 9.59. The first kappa shape index (κ1) is 28.6. The molecule has 0 aliphatic carbocycles. The minimum atomic E-state index is 0.796. The lowest BCUT2D eigenvalue weighted by Gasteiger charge is -2.28. The number of ether oxygens (including phenoxy) is 2. The van der Waals surface area contributed by atoms with Gasteiger partial charge in [0.1, 0.15) is 0 Å². The van der Waals surface area contributed by atoms with E-state index < -0.39 is 0 Å². The quantitative estimate of drug-likeness (QED) is 0.147. The number of hydrogen-bond acceptors (Lipinski definition) is 8. The van der Waals surface area contributed by atoms with Crippen molar-refractivity contribution in [2.24, 2.45) is 9.98 Å². The van der Waals surface area contributed by atoms with Gasteiger partial charge in [0.15, 0.2) is 0 Å². The Morgan fingerprint density at radius 1 is 0.476 bits per heavy atom. The Kier molecular flexibility index (Phi) is 9.90. The number of rotatable bonds is 9. The van der Waals surface area contributed by atoms with E-state index >= 15 is 0 Å². The summed E-state index contributed by atoms with van der Waals surface area (Å²) in [6.45, 7) is 6.97. The first-order valence-electron chi connectivity index (χ1n) is 14.3. The van der Waals surface area contributed by atoms with E-state index in [0.717, 1.165) is 75.1 Å². The largest absolute Gasteiger partial charge is 0.378 e. The molecular formula is C34H34N4O2S2. The highest BCUT2D eigenvalue weighted by molar-refractivity contribution is 8.76. The van der Waals surface area contributed by atoms with E-state index in [1.807, 2.05) is 12.4 Å². The number of benzene rings is 4. The van der Waals surface area contributed by atoms with Crippen molar-refractivity contribution in [3.05, 3.63) is 108 Å². The Labute approximate surface area is 255 Å². The van der Waals surface area contributed by atoms with Crippen LogP contribution < -0.4 is 9.80 Å². The second-order valence-electron chi connectivity index (χ2n) is 10.1. The van der Waals surface area contributed by atoms with Gasteiger partial charge in [0, 0.05) is 59.8 Å². The summed E-state index contributed by atoms with van der Waals surface area (Å²) in [5.41, 5.74) is 6.55. The fourth-order valence-corrected chi connectivity index (χ4v) is 6.69. The Bertz CT molecular complexity index is 1350. The molecule has 0 radical (unpaired) electrons. The SMILES string of the molecule is C(=Nc1ccc(SSc2ccc(N=Cc3ccc(N4CCOCC4)cc3)cc2)cc1)c1ccc(N2CCOCC2)cc1. The number of nitrogens with zero attached hydrogens (tertiary/aromatic N) is 4. The minimum Gasteiger partial charge on any atom is -0.378 e. The summed E-state index contributed by atoms with van der Waals surface area (Å²) in [5, 5.41) is 0. The van der Waals surface area contributed by atoms with Gasteiger partial charge in [-0.15, -0.1) is 0 Å². The van der Waals surface area contributed by atoms with Gasteiger partial charge in [-0.2, -0.15) is 0 Å². The molecule has 4 aromatic carbocycles. The fourth-order valence-electron chi connectivity index (χ4n) is 4.76. The topological polar surface area (TPSA) is 49.7 Å². The molecule has 0 N–H and O–H groups in total. The van der Waals surface area contributed by atoms with Crippen LogP contribution in [0.3, 0.4) is 0 Å². The molecule has 0 unspecified atom stereocenters. The molecule has 6 rings (SSSR count). The summed E-state index contributed by atoms with van der Waals surface area (Å²) in [5.74, 6) is 0. The second kappa shape index (κ2) is 14.6. The van der Waals surface area contributed by atoms with E-state index in [-0.39, 0.29) is 0 Å². The molecule has 6 nitrogen and oxygen atoms in total. The Morgan fingerprint density at radius 2 is 0.833 bits per heavy atom. The number of anilines is 2. The van der Waals surface area contributed by atoms with Gasteiger partial charge in [-0.1, -0.05) is 45.9 Å². The molecule has 42 heavy (non-hydrogen) atoms. The lowest BCUT2D eigenvalue weighted by Crippen LogP contribution is -2.36. The Hall–Kier alpha value is -3.56. The van der Waals surface area contributed by atoms with Crippen molar-refractivity contribution < 1.29 is 9.47 Å². The Balaban J connectivity index is 0.963. The predicted octanol–water partition coefficient (Wildman–Crippen LogP) is 7.66. The smallest absolute Gasteiger partial charge is 0.0642 e. The van der Waals surface area contributed by atoms with Crippen molar-refractivity contribution in [2.75, 3.05) is 62.4 Å². The summed E-state index contributed by atoms with van der Waals surface area (Å²) in [7, 11) is 3.48. The fraction of sp³-hybridized carbons (Fsp3) is 0.235. The molecule has 0 bridgehead atoms. The lowest BCUT2D eigenvalue weighted by molar-refractivity contribution is 0.122. The van der Waals surface area contributed by atoms with Crippen LogP contribution in [0.2, 0.25) is 0 Å². The first-order valence-corrected chi connectivity index (χ1v) is 16.4. The molecular weight excluding hydrogens is 561 g/mol. The molecule has 2 fully saturated rings. The van der Waals surface area contributed by atoms with Gasteiger partial charge >= 0.3 is 0 Å². The second-order valence-corrected chi connectivity index (χ2v) is 12.3. The predicted molar refractivity (Wildman–Crippen MR) is 178 cm³/mol. The van der Waals surface area contributed by atoms with Crippen molar-refractivity contribution in [1.82, 2.24) is 0 Å². The van der Waals surface area contributed by atoms with Crippen LogP contribution in [0.1, 0.15) is 11.1 Å². The summed E-state index contributed by atoms with van der Waals surface area (Å²) in [6.07, 6.45) is 3.84.